The van der Waals surface area contributed by atoms with Gasteiger partial charge >= 0.3 is 0 Å². The SMILES string of the molecule is CCN1CCN([C@H]2CNCc3c2cc(OC)c(OC)c3OC)CC1. The van der Waals surface area contributed by atoms with Crippen LogP contribution in [0.15, 0.2) is 6.07 Å². The van der Waals surface area contributed by atoms with Gasteiger partial charge in [-0.15, -0.1) is 0 Å². The Morgan fingerprint density at radius 3 is 2.33 bits per heavy atom. The van der Waals surface area contributed by atoms with Crippen LogP contribution in [0.2, 0.25) is 0 Å². The lowest BCUT2D eigenvalue weighted by Crippen LogP contribution is -2.50. The van der Waals surface area contributed by atoms with Crippen molar-refractivity contribution in [1.82, 2.24) is 15.1 Å². The highest BCUT2D eigenvalue weighted by Crippen LogP contribution is 2.45. The van der Waals surface area contributed by atoms with Gasteiger partial charge in [-0.25, -0.2) is 0 Å². The van der Waals surface area contributed by atoms with Crippen molar-refractivity contribution in [1.29, 1.82) is 0 Å². The van der Waals surface area contributed by atoms with E-state index in [1.54, 1.807) is 21.3 Å². The Labute approximate surface area is 144 Å². The molecule has 2 aliphatic rings. The third-order valence-corrected chi connectivity index (χ3v) is 5.26. The smallest absolute Gasteiger partial charge is 0.203 e. The largest absolute Gasteiger partial charge is 0.493 e. The van der Waals surface area contributed by atoms with Crippen LogP contribution in [0.5, 0.6) is 17.2 Å². The summed E-state index contributed by atoms with van der Waals surface area (Å²) in [6.45, 7) is 9.56. The number of likely N-dealkylation sites (N-methyl/N-ethyl adjacent to an activating group) is 1. The normalized spacial score (nSPS) is 22.1. The molecule has 1 N–H and O–H groups in total. The first-order chi connectivity index (χ1) is 11.7. The molecule has 0 amide bonds. The lowest BCUT2D eigenvalue weighted by molar-refractivity contribution is 0.0944. The quantitative estimate of drug-likeness (QED) is 0.880. The average Bonchev–Trinajstić information content (AvgIpc) is 2.65. The van der Waals surface area contributed by atoms with Gasteiger partial charge in [0.25, 0.3) is 0 Å². The molecule has 2 heterocycles. The fourth-order valence-electron chi connectivity index (χ4n) is 3.88. The Morgan fingerprint density at radius 1 is 1.04 bits per heavy atom. The molecule has 0 unspecified atom stereocenters. The number of rotatable bonds is 5. The van der Waals surface area contributed by atoms with Crippen molar-refractivity contribution in [2.24, 2.45) is 0 Å². The first-order valence-electron chi connectivity index (χ1n) is 8.72. The minimum Gasteiger partial charge on any atom is -0.493 e. The molecule has 0 aliphatic carbocycles. The molecule has 3 rings (SSSR count). The van der Waals surface area contributed by atoms with Crippen LogP contribution < -0.4 is 19.5 Å². The number of methoxy groups -OCH3 is 3. The second-order valence-electron chi connectivity index (χ2n) is 6.33. The lowest BCUT2D eigenvalue weighted by Gasteiger charge is -2.41. The van der Waals surface area contributed by atoms with Crippen LogP contribution in [0.3, 0.4) is 0 Å². The molecule has 1 saturated heterocycles. The van der Waals surface area contributed by atoms with Crippen molar-refractivity contribution in [2.45, 2.75) is 19.5 Å². The highest BCUT2D eigenvalue weighted by atomic mass is 16.5. The van der Waals surface area contributed by atoms with Crippen molar-refractivity contribution in [3.63, 3.8) is 0 Å². The predicted molar refractivity (Wildman–Crippen MR) is 94.2 cm³/mol. The van der Waals surface area contributed by atoms with Gasteiger partial charge in [-0.3, -0.25) is 4.90 Å². The van der Waals surface area contributed by atoms with Gasteiger partial charge in [-0.1, -0.05) is 6.92 Å². The molecule has 1 atom stereocenters. The number of hydrogen-bond acceptors (Lipinski definition) is 6. The lowest BCUT2D eigenvalue weighted by atomic mass is 9.93. The van der Waals surface area contributed by atoms with Crippen LogP contribution in [0.25, 0.3) is 0 Å². The Hall–Kier alpha value is -1.50. The summed E-state index contributed by atoms with van der Waals surface area (Å²) in [7, 11) is 5.03. The third kappa shape index (κ3) is 3.06. The van der Waals surface area contributed by atoms with Crippen LogP contribution in [-0.4, -0.2) is 70.4 Å². The maximum atomic E-state index is 5.68. The first-order valence-corrected chi connectivity index (χ1v) is 8.72. The number of fused-ring (bicyclic) bond motifs is 1. The Balaban J connectivity index is 1.95. The second kappa shape index (κ2) is 7.59. The summed E-state index contributed by atoms with van der Waals surface area (Å²) in [5.74, 6) is 2.21. The Morgan fingerprint density at radius 2 is 1.75 bits per heavy atom. The molecular weight excluding hydrogens is 306 g/mol. The molecule has 0 bridgehead atoms. The number of ether oxygens (including phenoxy) is 3. The van der Waals surface area contributed by atoms with Crippen molar-refractivity contribution in [3.8, 4) is 17.2 Å². The molecule has 1 fully saturated rings. The number of nitrogens with one attached hydrogen (secondary N) is 1. The van der Waals surface area contributed by atoms with Crippen LogP contribution in [0, 0.1) is 0 Å². The monoisotopic (exact) mass is 335 g/mol. The minimum atomic E-state index is 0.349. The first kappa shape index (κ1) is 17.3. The molecule has 6 heteroatoms. The van der Waals surface area contributed by atoms with Crippen LogP contribution in [0.4, 0.5) is 0 Å². The van der Waals surface area contributed by atoms with E-state index in [1.807, 2.05) is 0 Å². The summed E-state index contributed by atoms with van der Waals surface area (Å²) < 4.78 is 16.8. The summed E-state index contributed by atoms with van der Waals surface area (Å²) in [6, 6.07) is 2.48. The predicted octanol–water partition coefficient (Wildman–Crippen LogP) is 1.49. The molecule has 134 valence electrons. The summed E-state index contributed by atoms with van der Waals surface area (Å²) >= 11 is 0. The van der Waals surface area contributed by atoms with E-state index in [9.17, 15) is 0 Å². The van der Waals surface area contributed by atoms with E-state index in [0.29, 0.717) is 11.8 Å². The highest BCUT2D eigenvalue weighted by Gasteiger charge is 2.32. The molecule has 0 aromatic heterocycles. The standard InChI is InChI=1S/C18H29N3O3/c1-5-20-6-8-21(9-7-20)15-12-19-11-14-13(15)10-16(22-2)18(24-4)17(14)23-3/h10,15,19H,5-9,11-12H2,1-4H3/t15-/m0/s1. The number of benzene rings is 1. The van der Waals surface area contributed by atoms with Crippen molar-refractivity contribution < 1.29 is 14.2 Å². The summed E-state index contributed by atoms with van der Waals surface area (Å²) in [6.07, 6.45) is 0. The zero-order valence-electron chi connectivity index (χ0n) is 15.2. The van der Waals surface area contributed by atoms with Crippen molar-refractivity contribution in [2.75, 3.05) is 60.6 Å². The van der Waals surface area contributed by atoms with Crippen molar-refractivity contribution in [3.05, 3.63) is 17.2 Å². The maximum Gasteiger partial charge on any atom is 0.203 e. The highest BCUT2D eigenvalue weighted by molar-refractivity contribution is 5.60. The van der Waals surface area contributed by atoms with E-state index in [4.69, 9.17) is 14.2 Å². The second-order valence-corrected chi connectivity index (χ2v) is 6.33. The molecule has 0 radical (unpaired) electrons. The molecule has 6 nitrogen and oxygen atoms in total. The minimum absolute atomic E-state index is 0.349. The molecule has 24 heavy (non-hydrogen) atoms. The van der Waals surface area contributed by atoms with Gasteiger partial charge in [-0.05, 0) is 18.2 Å². The number of hydrogen-bond donors (Lipinski definition) is 1. The van der Waals surface area contributed by atoms with Crippen molar-refractivity contribution >= 4 is 0 Å². The Bertz CT molecular complexity index is 571. The fraction of sp³-hybridized carbons (Fsp3) is 0.667. The van der Waals surface area contributed by atoms with Gasteiger partial charge in [-0.2, -0.15) is 0 Å². The summed E-state index contributed by atoms with van der Waals surface area (Å²) in [5.41, 5.74) is 2.48. The topological polar surface area (TPSA) is 46.2 Å². The Kier molecular flexibility index (Phi) is 5.48. The van der Waals surface area contributed by atoms with E-state index in [0.717, 1.165) is 57.3 Å². The van der Waals surface area contributed by atoms with E-state index in [2.05, 4.69) is 28.1 Å². The molecule has 0 saturated carbocycles. The van der Waals surface area contributed by atoms with E-state index in [1.165, 1.54) is 11.1 Å². The number of piperazine rings is 1. The van der Waals surface area contributed by atoms with Crippen LogP contribution in [0.1, 0.15) is 24.1 Å². The fourth-order valence-corrected chi connectivity index (χ4v) is 3.88. The zero-order valence-corrected chi connectivity index (χ0v) is 15.2. The summed E-state index contributed by atoms with van der Waals surface area (Å²) in [4.78, 5) is 5.07. The van der Waals surface area contributed by atoms with E-state index >= 15 is 0 Å². The van der Waals surface area contributed by atoms with Crippen LogP contribution >= 0.6 is 0 Å². The van der Waals surface area contributed by atoms with Crippen LogP contribution in [-0.2, 0) is 6.54 Å². The number of nitrogens with zero attached hydrogens (tertiary/aromatic N) is 2. The molecular formula is C18H29N3O3. The van der Waals surface area contributed by atoms with Gasteiger partial charge in [0.05, 0.1) is 21.3 Å². The van der Waals surface area contributed by atoms with Gasteiger partial charge in [0.15, 0.2) is 11.5 Å². The molecule has 1 aromatic rings. The third-order valence-electron chi connectivity index (χ3n) is 5.26. The summed E-state index contributed by atoms with van der Waals surface area (Å²) in [5, 5.41) is 3.55. The zero-order chi connectivity index (χ0) is 17.1. The van der Waals surface area contributed by atoms with Gasteiger partial charge in [0.2, 0.25) is 5.75 Å². The van der Waals surface area contributed by atoms with E-state index < -0.39 is 0 Å². The molecule has 0 spiro atoms. The average molecular weight is 335 g/mol. The van der Waals surface area contributed by atoms with E-state index in [-0.39, 0.29) is 0 Å². The van der Waals surface area contributed by atoms with Gasteiger partial charge in [0, 0.05) is 50.9 Å². The van der Waals surface area contributed by atoms with Gasteiger partial charge < -0.3 is 24.4 Å². The molecule has 1 aromatic carbocycles. The van der Waals surface area contributed by atoms with Gasteiger partial charge in [0.1, 0.15) is 0 Å². The maximum absolute atomic E-state index is 5.68. The molecule has 2 aliphatic heterocycles.